The molecule has 3 rings (SSSR count). The predicted molar refractivity (Wildman–Crippen MR) is 91.8 cm³/mol. The second kappa shape index (κ2) is 6.53. The second-order valence-electron chi connectivity index (χ2n) is 4.66. The quantitative estimate of drug-likeness (QED) is 0.761. The molecule has 1 heterocycles. The van der Waals surface area contributed by atoms with Crippen LogP contribution in [0.15, 0.2) is 65.3 Å². The van der Waals surface area contributed by atoms with Crippen LogP contribution in [0, 0.1) is 0 Å². The Labute approximate surface area is 137 Å². The first-order valence-electron chi connectivity index (χ1n) is 6.73. The number of anilines is 4. The number of rotatable bonds is 4. The number of benzene rings is 2. The minimum Gasteiger partial charge on any atom is -0.328 e. The Morgan fingerprint density at radius 2 is 1.73 bits per heavy atom. The van der Waals surface area contributed by atoms with Crippen molar-refractivity contribution in [2.24, 2.45) is 0 Å². The second-order valence-corrected chi connectivity index (χ2v) is 5.58. The maximum atomic E-state index is 4.50. The van der Waals surface area contributed by atoms with Crippen molar-refractivity contribution >= 4 is 39.1 Å². The smallest absolute Gasteiger partial charge is 0.249 e. The molecule has 0 saturated carbocycles. The number of nitrogens with zero attached hydrogens (tertiary/aromatic N) is 4. The van der Waals surface area contributed by atoms with E-state index in [1.165, 1.54) is 0 Å². The molecular weight excluding hydrogens is 342 g/mol. The summed E-state index contributed by atoms with van der Waals surface area (Å²) in [6.07, 6.45) is 1.64. The monoisotopic (exact) mass is 355 g/mol. The van der Waals surface area contributed by atoms with Gasteiger partial charge in [-0.15, -0.1) is 5.10 Å². The van der Waals surface area contributed by atoms with Gasteiger partial charge in [-0.25, -0.2) is 0 Å². The zero-order chi connectivity index (χ0) is 15.4. The molecule has 110 valence electrons. The zero-order valence-corrected chi connectivity index (χ0v) is 13.5. The molecule has 0 saturated heterocycles. The van der Waals surface area contributed by atoms with Crippen LogP contribution in [-0.2, 0) is 0 Å². The maximum absolute atomic E-state index is 4.50. The summed E-state index contributed by atoms with van der Waals surface area (Å²) in [5, 5.41) is 11.2. The molecule has 0 spiro atoms. The third-order valence-corrected chi connectivity index (χ3v) is 3.66. The molecule has 1 aromatic heterocycles. The van der Waals surface area contributed by atoms with E-state index >= 15 is 0 Å². The normalized spacial score (nSPS) is 10.3. The van der Waals surface area contributed by atoms with Crippen molar-refractivity contribution in [3.8, 4) is 0 Å². The minimum absolute atomic E-state index is 0.461. The Kier molecular flexibility index (Phi) is 4.29. The van der Waals surface area contributed by atoms with Crippen molar-refractivity contribution in [1.29, 1.82) is 0 Å². The van der Waals surface area contributed by atoms with Crippen LogP contribution in [0.5, 0.6) is 0 Å². The summed E-state index contributed by atoms with van der Waals surface area (Å²) in [7, 11) is 1.95. The average molecular weight is 356 g/mol. The molecule has 3 aromatic rings. The Morgan fingerprint density at radius 1 is 1.00 bits per heavy atom. The molecule has 0 aliphatic rings. The van der Waals surface area contributed by atoms with E-state index in [0.29, 0.717) is 5.95 Å². The fraction of sp³-hybridized carbons (Fsp3) is 0.0625. The molecule has 0 aliphatic heterocycles. The summed E-state index contributed by atoms with van der Waals surface area (Å²) >= 11 is 3.41. The largest absolute Gasteiger partial charge is 0.328 e. The van der Waals surface area contributed by atoms with Gasteiger partial charge in [0.25, 0.3) is 0 Å². The van der Waals surface area contributed by atoms with Gasteiger partial charge in [0.2, 0.25) is 5.95 Å². The number of aromatic nitrogens is 3. The van der Waals surface area contributed by atoms with Gasteiger partial charge < -0.3 is 10.2 Å². The fourth-order valence-corrected chi connectivity index (χ4v) is 2.22. The van der Waals surface area contributed by atoms with Crippen molar-refractivity contribution in [3.63, 3.8) is 0 Å². The van der Waals surface area contributed by atoms with E-state index in [1.807, 2.05) is 66.5 Å². The van der Waals surface area contributed by atoms with E-state index in [-0.39, 0.29) is 0 Å². The number of hydrogen-bond acceptors (Lipinski definition) is 5. The van der Waals surface area contributed by atoms with Crippen molar-refractivity contribution in [2.45, 2.75) is 0 Å². The van der Waals surface area contributed by atoms with Crippen LogP contribution in [0.25, 0.3) is 0 Å². The first-order valence-corrected chi connectivity index (χ1v) is 7.53. The van der Waals surface area contributed by atoms with Crippen LogP contribution in [0.1, 0.15) is 0 Å². The molecular formula is C16H14BrN5. The van der Waals surface area contributed by atoms with Crippen LogP contribution < -0.4 is 10.2 Å². The topological polar surface area (TPSA) is 53.9 Å². The van der Waals surface area contributed by atoms with Gasteiger partial charge in [-0.2, -0.15) is 10.1 Å². The van der Waals surface area contributed by atoms with Crippen LogP contribution >= 0.6 is 15.9 Å². The standard InChI is InChI=1S/C16H14BrN5/c1-22(14-5-3-2-4-6-14)15-11-18-21-16(20-15)19-13-9-7-12(17)8-10-13/h2-11H,1H3,(H,19,20,21). The van der Waals surface area contributed by atoms with Crippen molar-refractivity contribution in [1.82, 2.24) is 15.2 Å². The van der Waals surface area contributed by atoms with Gasteiger partial charge in [0.1, 0.15) is 0 Å². The molecule has 0 fully saturated rings. The number of halogens is 1. The first-order chi connectivity index (χ1) is 10.7. The van der Waals surface area contributed by atoms with Gasteiger partial charge in [0, 0.05) is 22.9 Å². The summed E-state index contributed by atoms with van der Waals surface area (Å²) in [5.74, 6) is 1.18. The average Bonchev–Trinajstić information content (AvgIpc) is 2.57. The highest BCUT2D eigenvalue weighted by Gasteiger charge is 2.07. The van der Waals surface area contributed by atoms with E-state index in [4.69, 9.17) is 0 Å². The van der Waals surface area contributed by atoms with Crippen LogP contribution in [0.4, 0.5) is 23.1 Å². The lowest BCUT2D eigenvalue weighted by atomic mass is 10.3. The highest BCUT2D eigenvalue weighted by Crippen LogP contribution is 2.22. The maximum Gasteiger partial charge on any atom is 0.249 e. The minimum atomic E-state index is 0.461. The molecule has 0 amide bonds. The molecule has 22 heavy (non-hydrogen) atoms. The van der Waals surface area contributed by atoms with Gasteiger partial charge in [0.05, 0.1) is 6.20 Å². The predicted octanol–water partition coefficient (Wildman–Crippen LogP) is 4.15. The Bertz CT molecular complexity index is 746. The summed E-state index contributed by atoms with van der Waals surface area (Å²) in [6, 6.07) is 17.8. The lowest BCUT2D eigenvalue weighted by Gasteiger charge is -2.18. The van der Waals surface area contributed by atoms with Crippen molar-refractivity contribution in [3.05, 3.63) is 65.3 Å². The van der Waals surface area contributed by atoms with Crippen molar-refractivity contribution < 1.29 is 0 Å². The molecule has 0 unspecified atom stereocenters. The third kappa shape index (κ3) is 3.40. The highest BCUT2D eigenvalue weighted by molar-refractivity contribution is 9.10. The zero-order valence-electron chi connectivity index (χ0n) is 11.9. The van der Waals surface area contributed by atoms with Gasteiger partial charge in [0.15, 0.2) is 5.82 Å². The van der Waals surface area contributed by atoms with Crippen LogP contribution in [0.2, 0.25) is 0 Å². The summed E-state index contributed by atoms with van der Waals surface area (Å²) < 4.78 is 1.02. The number of nitrogens with one attached hydrogen (secondary N) is 1. The molecule has 0 atom stereocenters. The Hall–Kier alpha value is -2.47. The summed E-state index contributed by atoms with van der Waals surface area (Å²) in [4.78, 5) is 6.46. The molecule has 0 radical (unpaired) electrons. The fourth-order valence-electron chi connectivity index (χ4n) is 1.96. The Balaban J connectivity index is 1.82. The first kappa shape index (κ1) is 14.5. The third-order valence-electron chi connectivity index (χ3n) is 3.13. The van der Waals surface area contributed by atoms with Gasteiger partial charge in [-0.3, -0.25) is 0 Å². The van der Waals surface area contributed by atoms with E-state index in [0.717, 1.165) is 21.7 Å². The van der Waals surface area contributed by atoms with Gasteiger partial charge in [-0.05, 0) is 36.4 Å². The highest BCUT2D eigenvalue weighted by atomic mass is 79.9. The SMILES string of the molecule is CN(c1ccccc1)c1cnnc(Nc2ccc(Br)cc2)n1. The molecule has 1 N–H and O–H groups in total. The van der Waals surface area contributed by atoms with Gasteiger partial charge in [-0.1, -0.05) is 34.1 Å². The van der Waals surface area contributed by atoms with Crippen LogP contribution in [-0.4, -0.2) is 22.2 Å². The van der Waals surface area contributed by atoms with Crippen molar-refractivity contribution in [2.75, 3.05) is 17.3 Å². The molecule has 6 heteroatoms. The lowest BCUT2D eigenvalue weighted by Crippen LogP contribution is -2.13. The van der Waals surface area contributed by atoms with E-state index in [2.05, 4.69) is 36.4 Å². The summed E-state index contributed by atoms with van der Waals surface area (Å²) in [6.45, 7) is 0. The number of para-hydroxylation sites is 1. The lowest BCUT2D eigenvalue weighted by molar-refractivity contribution is 0.957. The van der Waals surface area contributed by atoms with Gasteiger partial charge >= 0.3 is 0 Å². The number of hydrogen-bond donors (Lipinski definition) is 1. The summed E-state index contributed by atoms with van der Waals surface area (Å²) in [5.41, 5.74) is 1.95. The van der Waals surface area contributed by atoms with E-state index in [1.54, 1.807) is 6.20 Å². The van der Waals surface area contributed by atoms with E-state index in [9.17, 15) is 0 Å². The molecule has 5 nitrogen and oxygen atoms in total. The molecule has 0 aliphatic carbocycles. The van der Waals surface area contributed by atoms with Crippen LogP contribution in [0.3, 0.4) is 0 Å². The molecule has 2 aromatic carbocycles. The Morgan fingerprint density at radius 3 is 2.45 bits per heavy atom. The van der Waals surface area contributed by atoms with E-state index < -0.39 is 0 Å². The molecule has 0 bridgehead atoms.